The predicted molar refractivity (Wildman–Crippen MR) is 175 cm³/mol. The number of aliphatic hydroxyl groups excluding tert-OH is 1. The second kappa shape index (κ2) is 15.7. The van der Waals surface area contributed by atoms with Crippen molar-refractivity contribution < 1.29 is 33.6 Å². The summed E-state index contributed by atoms with van der Waals surface area (Å²) in [6, 6.07) is 3.23. The highest BCUT2D eigenvalue weighted by molar-refractivity contribution is 5.97. The van der Waals surface area contributed by atoms with E-state index in [0.717, 1.165) is 33.9 Å². The third-order valence-electron chi connectivity index (χ3n) is 8.10. The van der Waals surface area contributed by atoms with Crippen molar-refractivity contribution in [2.45, 2.75) is 70.1 Å². The third kappa shape index (κ3) is 10.1. The number of unbranched alkanes of at least 4 members (excludes halogenated alkanes) is 1. The van der Waals surface area contributed by atoms with E-state index in [9.17, 15) is 29.1 Å². The van der Waals surface area contributed by atoms with Crippen LogP contribution >= 0.6 is 0 Å². The van der Waals surface area contributed by atoms with Crippen molar-refractivity contribution in [3.8, 4) is 0 Å². The van der Waals surface area contributed by atoms with Gasteiger partial charge in [0, 0.05) is 37.0 Å². The van der Waals surface area contributed by atoms with Gasteiger partial charge in [0.2, 0.25) is 29.5 Å². The van der Waals surface area contributed by atoms with E-state index in [1.165, 1.54) is 11.9 Å². The first-order chi connectivity index (χ1) is 21.6. The molecule has 4 atom stereocenters. The van der Waals surface area contributed by atoms with Crippen molar-refractivity contribution in [1.82, 2.24) is 31.2 Å². The molecule has 1 saturated heterocycles. The summed E-state index contributed by atoms with van der Waals surface area (Å²) < 4.78 is 0.750. The molecule has 6 N–H and O–H groups in total. The molecule has 5 amide bonds. The lowest BCUT2D eigenvalue weighted by molar-refractivity contribution is -0.870. The van der Waals surface area contributed by atoms with E-state index >= 15 is 0 Å². The van der Waals surface area contributed by atoms with E-state index in [2.05, 4.69) is 54.0 Å². The number of likely N-dealkylation sites (N-methyl/N-ethyl adjacent to an activating group) is 1. The molecule has 0 saturated carbocycles. The van der Waals surface area contributed by atoms with Gasteiger partial charge in [-0.1, -0.05) is 38.6 Å². The molecule has 1 aromatic heterocycles. The second-order valence-corrected chi connectivity index (χ2v) is 13.4. The van der Waals surface area contributed by atoms with Crippen LogP contribution in [0.4, 0.5) is 0 Å². The van der Waals surface area contributed by atoms with Crippen LogP contribution in [-0.4, -0.2) is 114 Å². The Hall–Kier alpha value is -4.39. The van der Waals surface area contributed by atoms with Crippen LogP contribution in [0.5, 0.6) is 0 Å². The molecule has 1 aliphatic rings. The Kier molecular flexibility index (Phi) is 12.4. The number of rotatable bonds is 10. The summed E-state index contributed by atoms with van der Waals surface area (Å²) in [4.78, 5) is 72.2. The van der Waals surface area contributed by atoms with Crippen molar-refractivity contribution in [2.75, 3.05) is 41.3 Å². The molecular formula is C33H50N7O6+. The Labute approximate surface area is 270 Å². The molecule has 1 aromatic carbocycles. The van der Waals surface area contributed by atoms with E-state index in [4.69, 9.17) is 0 Å². The fourth-order valence-corrected chi connectivity index (χ4v) is 5.74. The smallest absolute Gasteiger partial charge is 0.245 e. The maximum atomic E-state index is 14.2. The maximum Gasteiger partial charge on any atom is 0.245 e. The Morgan fingerprint density at radius 3 is 2.28 bits per heavy atom. The molecule has 1 fully saturated rings. The number of nitrogens with one attached hydrogen (secondary N) is 5. The molecule has 0 radical (unpaired) electrons. The van der Waals surface area contributed by atoms with Crippen LogP contribution in [0.15, 0.2) is 42.8 Å². The van der Waals surface area contributed by atoms with Crippen LogP contribution in [0.1, 0.15) is 45.1 Å². The molecule has 0 aliphatic carbocycles. The van der Waals surface area contributed by atoms with Gasteiger partial charge in [-0.15, -0.1) is 0 Å². The Bertz CT molecular complexity index is 1430. The lowest BCUT2D eigenvalue weighted by Crippen LogP contribution is -2.59. The first-order valence-corrected chi connectivity index (χ1v) is 15.7. The van der Waals surface area contributed by atoms with E-state index in [0.29, 0.717) is 12.8 Å². The van der Waals surface area contributed by atoms with Crippen LogP contribution < -0.4 is 21.3 Å². The Balaban J connectivity index is 2.00. The standard InChI is InChI=1S/C33H49N7O6/c1-20(2)29-32(45)37-25(14-10-11-15-40(5,6)7)30(43)35-19-28(42)36-26(16-21(3)41)31(44)38-27(33(46)39(29)4)17-22-18-34-24-13-9-8-12-23(22)24/h8-9,12-13,18,20,25-27,29,34H,3,10-11,14-17,19H2,1-2,4-7H3,(H4-,35,36,37,38,41,42,43,44,45)/p+1. The summed E-state index contributed by atoms with van der Waals surface area (Å²) in [5.41, 5.74) is 1.62. The zero-order chi connectivity index (χ0) is 34.2. The molecule has 13 heteroatoms. The van der Waals surface area contributed by atoms with Gasteiger partial charge in [0.15, 0.2) is 0 Å². The van der Waals surface area contributed by atoms with Gasteiger partial charge in [0.05, 0.1) is 40.0 Å². The molecular weight excluding hydrogens is 590 g/mol. The van der Waals surface area contributed by atoms with Gasteiger partial charge >= 0.3 is 0 Å². The van der Waals surface area contributed by atoms with Gasteiger partial charge in [-0.25, -0.2) is 0 Å². The minimum absolute atomic E-state index is 0.0844. The van der Waals surface area contributed by atoms with Crippen molar-refractivity contribution in [3.63, 3.8) is 0 Å². The van der Waals surface area contributed by atoms with Gasteiger partial charge < -0.3 is 40.7 Å². The van der Waals surface area contributed by atoms with Crippen LogP contribution in [0, 0.1) is 5.92 Å². The van der Waals surface area contributed by atoms with Crippen molar-refractivity contribution >= 4 is 40.4 Å². The number of aliphatic hydroxyl groups is 1. The number of fused-ring (bicyclic) bond motifs is 1. The number of nitrogens with zero attached hydrogens (tertiary/aromatic N) is 2. The highest BCUT2D eigenvalue weighted by atomic mass is 16.3. The summed E-state index contributed by atoms with van der Waals surface area (Å²) in [6.45, 7) is 7.47. The molecule has 2 aromatic rings. The summed E-state index contributed by atoms with van der Waals surface area (Å²) in [6.07, 6.45) is 3.33. The number of quaternary nitrogens is 1. The summed E-state index contributed by atoms with van der Waals surface area (Å²) in [5.74, 6) is -3.69. The summed E-state index contributed by atoms with van der Waals surface area (Å²) >= 11 is 0. The van der Waals surface area contributed by atoms with Crippen LogP contribution in [0.3, 0.4) is 0 Å². The molecule has 3 rings (SSSR count). The van der Waals surface area contributed by atoms with Crippen molar-refractivity contribution in [1.29, 1.82) is 0 Å². The predicted octanol–water partition coefficient (Wildman–Crippen LogP) is 1.12. The first kappa shape index (κ1) is 36.1. The third-order valence-corrected chi connectivity index (χ3v) is 8.10. The molecule has 0 spiro atoms. The summed E-state index contributed by atoms with van der Waals surface area (Å²) in [5, 5.41) is 21.5. The van der Waals surface area contributed by atoms with E-state index in [1.807, 2.05) is 24.3 Å². The molecule has 0 bridgehead atoms. The average molecular weight is 641 g/mol. The van der Waals surface area contributed by atoms with Crippen LogP contribution in [-0.2, 0) is 30.4 Å². The number of carbonyl (C=O) groups is 5. The first-order valence-electron chi connectivity index (χ1n) is 15.7. The number of aromatic amines is 1. The molecule has 252 valence electrons. The molecule has 46 heavy (non-hydrogen) atoms. The number of amides is 5. The van der Waals surface area contributed by atoms with Gasteiger partial charge in [-0.05, 0) is 36.8 Å². The highest BCUT2D eigenvalue weighted by Gasteiger charge is 2.37. The monoisotopic (exact) mass is 640 g/mol. The van der Waals surface area contributed by atoms with Crippen LogP contribution in [0.25, 0.3) is 10.9 Å². The van der Waals surface area contributed by atoms with Gasteiger partial charge in [0.1, 0.15) is 24.2 Å². The normalized spacial score (nSPS) is 22.5. The topological polar surface area (TPSA) is 173 Å². The van der Waals surface area contributed by atoms with Gasteiger partial charge in [-0.3, -0.25) is 24.0 Å². The zero-order valence-electron chi connectivity index (χ0n) is 27.8. The lowest BCUT2D eigenvalue weighted by atomic mass is 9.98. The second-order valence-electron chi connectivity index (χ2n) is 13.4. The minimum atomic E-state index is -1.28. The number of hydrogen-bond donors (Lipinski definition) is 6. The molecule has 2 heterocycles. The van der Waals surface area contributed by atoms with Gasteiger partial charge in [-0.2, -0.15) is 0 Å². The Morgan fingerprint density at radius 2 is 1.63 bits per heavy atom. The lowest BCUT2D eigenvalue weighted by Gasteiger charge is -2.34. The van der Waals surface area contributed by atoms with Crippen LogP contribution in [0.2, 0.25) is 0 Å². The quantitative estimate of drug-likeness (QED) is 0.129. The molecule has 4 unspecified atom stereocenters. The number of carbonyl (C=O) groups excluding carboxylic acids is 5. The SMILES string of the molecule is C=C(O)CC1NC(=O)CNC(=O)C(CCCC[N+](C)(C)C)NC(=O)C(C(C)C)N(C)C(=O)C(Cc2c[nH]c3ccccc23)NC1=O. The van der Waals surface area contributed by atoms with E-state index < -0.39 is 60.2 Å². The molecule has 1 aliphatic heterocycles. The largest absolute Gasteiger partial charge is 0.513 e. The average Bonchev–Trinajstić information content (AvgIpc) is 3.37. The van der Waals surface area contributed by atoms with Gasteiger partial charge in [0.25, 0.3) is 0 Å². The number of H-pyrrole nitrogens is 1. The van der Waals surface area contributed by atoms with Crippen molar-refractivity contribution in [2.24, 2.45) is 5.92 Å². The number of aromatic nitrogens is 1. The Morgan fingerprint density at radius 1 is 0.957 bits per heavy atom. The van der Waals surface area contributed by atoms with E-state index in [-0.39, 0.29) is 24.5 Å². The minimum Gasteiger partial charge on any atom is -0.513 e. The summed E-state index contributed by atoms with van der Waals surface area (Å²) in [7, 11) is 7.72. The highest BCUT2D eigenvalue weighted by Crippen LogP contribution is 2.21. The van der Waals surface area contributed by atoms with Crippen molar-refractivity contribution in [3.05, 3.63) is 48.4 Å². The fourth-order valence-electron chi connectivity index (χ4n) is 5.74. The number of benzene rings is 1. The van der Waals surface area contributed by atoms with E-state index in [1.54, 1.807) is 20.0 Å². The molecule has 13 nitrogen and oxygen atoms in total. The zero-order valence-corrected chi connectivity index (χ0v) is 27.8. The number of hydrogen-bond acceptors (Lipinski definition) is 6. The maximum absolute atomic E-state index is 14.2. The fraction of sp³-hybridized carbons (Fsp3) is 0.545. The number of para-hydroxylation sites is 1.